The van der Waals surface area contributed by atoms with E-state index in [-0.39, 0.29) is 24.8 Å². The first-order valence-electron chi connectivity index (χ1n) is 8.85. The second-order valence-electron chi connectivity index (χ2n) is 6.95. The molecular weight excluding hydrogens is 340 g/mol. The molecule has 0 saturated carbocycles. The predicted molar refractivity (Wildman–Crippen MR) is 97.1 cm³/mol. The predicted octanol–water partition coefficient (Wildman–Crippen LogP) is -0.404. The number of nitrogens with one attached hydrogen (secondary N) is 3. The quantitative estimate of drug-likeness (QED) is 0.333. The molecule has 3 amide bonds. The van der Waals surface area contributed by atoms with Gasteiger partial charge in [0.05, 0.1) is 12.6 Å². The fraction of sp³-hybridized carbons (Fsp3) is 0.765. The average Bonchev–Trinajstić information content (AvgIpc) is 2.56. The maximum absolute atomic E-state index is 12.1. The van der Waals surface area contributed by atoms with Crippen molar-refractivity contribution in [3.05, 3.63) is 0 Å². The Bertz CT molecular complexity index is 509. The fourth-order valence-corrected chi connectivity index (χ4v) is 2.15. The van der Waals surface area contributed by atoms with Crippen molar-refractivity contribution < 1.29 is 24.3 Å². The molecule has 0 saturated heterocycles. The molecule has 0 aliphatic carbocycles. The maximum Gasteiger partial charge on any atom is 0.326 e. The van der Waals surface area contributed by atoms with E-state index in [1.807, 2.05) is 27.7 Å². The topological polar surface area (TPSA) is 151 Å². The molecule has 0 bridgehead atoms. The summed E-state index contributed by atoms with van der Waals surface area (Å²) in [4.78, 5) is 46.9. The third-order valence-corrected chi connectivity index (χ3v) is 4.08. The van der Waals surface area contributed by atoms with E-state index in [1.54, 1.807) is 0 Å². The number of carbonyl (C=O) groups is 4. The van der Waals surface area contributed by atoms with Crippen molar-refractivity contribution in [2.24, 2.45) is 17.6 Å². The van der Waals surface area contributed by atoms with Crippen LogP contribution in [0.5, 0.6) is 0 Å². The average molecular weight is 372 g/mol. The summed E-state index contributed by atoms with van der Waals surface area (Å²) in [5, 5.41) is 16.4. The Morgan fingerprint density at radius 3 is 2.04 bits per heavy atom. The second-order valence-corrected chi connectivity index (χ2v) is 6.95. The highest BCUT2D eigenvalue weighted by molar-refractivity contribution is 5.92. The van der Waals surface area contributed by atoms with Crippen LogP contribution in [0, 0.1) is 11.8 Å². The highest BCUT2D eigenvalue weighted by Crippen LogP contribution is 2.06. The Kier molecular flexibility index (Phi) is 10.5. The van der Waals surface area contributed by atoms with Crippen LogP contribution >= 0.6 is 0 Å². The second kappa shape index (κ2) is 11.5. The number of carboxylic acid groups (broad SMARTS) is 1. The molecule has 0 aliphatic rings. The normalized spacial score (nSPS) is 15.5. The molecule has 9 nitrogen and oxygen atoms in total. The lowest BCUT2D eigenvalue weighted by Gasteiger charge is -2.20. The first-order valence-corrected chi connectivity index (χ1v) is 8.85. The van der Waals surface area contributed by atoms with E-state index < -0.39 is 41.8 Å². The van der Waals surface area contributed by atoms with Crippen LogP contribution in [-0.4, -0.2) is 53.5 Å². The van der Waals surface area contributed by atoms with Gasteiger partial charge in [0.15, 0.2) is 0 Å². The molecule has 0 heterocycles. The summed E-state index contributed by atoms with van der Waals surface area (Å²) in [6.07, 6.45) is 1.02. The van der Waals surface area contributed by atoms with Gasteiger partial charge in [-0.3, -0.25) is 14.4 Å². The third-order valence-electron chi connectivity index (χ3n) is 4.08. The minimum absolute atomic E-state index is 0.0170. The molecule has 0 fully saturated rings. The molecule has 4 atom stereocenters. The van der Waals surface area contributed by atoms with E-state index in [2.05, 4.69) is 16.0 Å². The van der Waals surface area contributed by atoms with Crippen LogP contribution in [0.1, 0.15) is 47.5 Å². The van der Waals surface area contributed by atoms with Gasteiger partial charge in [0.2, 0.25) is 17.7 Å². The van der Waals surface area contributed by atoms with Crippen molar-refractivity contribution in [1.82, 2.24) is 16.0 Å². The monoisotopic (exact) mass is 372 g/mol. The van der Waals surface area contributed by atoms with Gasteiger partial charge >= 0.3 is 5.97 Å². The van der Waals surface area contributed by atoms with Gasteiger partial charge in [-0.05, 0) is 25.2 Å². The molecule has 0 aromatic rings. The Hall–Kier alpha value is -2.16. The van der Waals surface area contributed by atoms with E-state index >= 15 is 0 Å². The van der Waals surface area contributed by atoms with Gasteiger partial charge < -0.3 is 26.8 Å². The summed E-state index contributed by atoms with van der Waals surface area (Å²) >= 11 is 0. The van der Waals surface area contributed by atoms with Crippen molar-refractivity contribution >= 4 is 23.7 Å². The Morgan fingerprint density at radius 2 is 1.58 bits per heavy atom. The molecule has 9 heteroatoms. The zero-order chi connectivity index (χ0) is 20.4. The summed E-state index contributed by atoms with van der Waals surface area (Å²) in [6, 6.07) is -2.66. The number of hydrogen-bond donors (Lipinski definition) is 5. The minimum atomic E-state index is -1.13. The lowest BCUT2D eigenvalue weighted by Crippen LogP contribution is -2.53. The molecule has 0 spiro atoms. The fourth-order valence-electron chi connectivity index (χ4n) is 2.15. The molecule has 0 aromatic heterocycles. The van der Waals surface area contributed by atoms with Crippen molar-refractivity contribution in [1.29, 1.82) is 0 Å². The Labute approximate surface area is 154 Å². The molecule has 0 radical (unpaired) electrons. The Morgan fingerprint density at radius 1 is 1.00 bits per heavy atom. The van der Waals surface area contributed by atoms with Gasteiger partial charge in [-0.2, -0.15) is 0 Å². The third kappa shape index (κ3) is 8.80. The number of aliphatic carboxylic acids is 1. The molecule has 0 aliphatic heterocycles. The molecule has 4 unspecified atom stereocenters. The minimum Gasteiger partial charge on any atom is -0.480 e. The van der Waals surface area contributed by atoms with Crippen LogP contribution in [-0.2, 0) is 19.2 Å². The van der Waals surface area contributed by atoms with E-state index in [0.29, 0.717) is 0 Å². The van der Waals surface area contributed by atoms with Crippen molar-refractivity contribution in [2.75, 3.05) is 6.54 Å². The first-order chi connectivity index (χ1) is 12.0. The van der Waals surface area contributed by atoms with Crippen LogP contribution in [0.4, 0.5) is 0 Å². The molecule has 6 N–H and O–H groups in total. The van der Waals surface area contributed by atoms with E-state index in [9.17, 15) is 19.2 Å². The lowest BCUT2D eigenvalue weighted by atomic mass is 9.99. The number of carboxylic acids is 1. The Balaban J connectivity index is 4.46. The number of hydrogen-bond acceptors (Lipinski definition) is 5. The number of carbonyl (C=O) groups excluding carboxylic acids is 3. The zero-order valence-corrected chi connectivity index (χ0v) is 16.2. The molecule has 0 rings (SSSR count). The van der Waals surface area contributed by atoms with Gasteiger partial charge in [0.1, 0.15) is 12.1 Å². The van der Waals surface area contributed by atoms with Gasteiger partial charge in [-0.1, -0.05) is 34.1 Å². The van der Waals surface area contributed by atoms with Gasteiger partial charge in [0.25, 0.3) is 0 Å². The highest BCUT2D eigenvalue weighted by atomic mass is 16.4. The standard InChI is InChI=1S/C17H32N4O5/c1-6-10(4)14(18)16(24)19-8-13(22)20-11(5)15(23)21-12(17(25)26)7-9(2)3/h9-12,14H,6-8,18H2,1-5H3,(H,19,24)(H,20,22)(H,21,23)(H,25,26). The molecule has 0 aromatic carbocycles. The van der Waals surface area contributed by atoms with Crippen molar-refractivity contribution in [2.45, 2.75) is 65.6 Å². The molecule has 150 valence electrons. The van der Waals surface area contributed by atoms with Crippen LogP contribution in [0.3, 0.4) is 0 Å². The van der Waals surface area contributed by atoms with Crippen molar-refractivity contribution in [3.8, 4) is 0 Å². The first kappa shape index (κ1) is 23.8. The van der Waals surface area contributed by atoms with Crippen LogP contribution in [0.25, 0.3) is 0 Å². The summed E-state index contributed by atoms with van der Waals surface area (Å²) in [6.45, 7) is 8.57. The lowest BCUT2D eigenvalue weighted by molar-refractivity contribution is -0.142. The summed E-state index contributed by atoms with van der Waals surface area (Å²) < 4.78 is 0. The van der Waals surface area contributed by atoms with Gasteiger partial charge in [-0.25, -0.2) is 4.79 Å². The van der Waals surface area contributed by atoms with Crippen LogP contribution < -0.4 is 21.7 Å². The number of amides is 3. The summed E-state index contributed by atoms with van der Waals surface area (Å²) in [7, 11) is 0. The van der Waals surface area contributed by atoms with E-state index in [4.69, 9.17) is 10.8 Å². The van der Waals surface area contributed by atoms with Crippen LogP contribution in [0.15, 0.2) is 0 Å². The van der Waals surface area contributed by atoms with E-state index in [1.165, 1.54) is 6.92 Å². The highest BCUT2D eigenvalue weighted by Gasteiger charge is 2.25. The molecule has 26 heavy (non-hydrogen) atoms. The maximum atomic E-state index is 12.1. The SMILES string of the molecule is CCC(C)C(N)C(=O)NCC(=O)NC(C)C(=O)NC(CC(C)C)C(=O)O. The summed E-state index contributed by atoms with van der Waals surface area (Å²) in [5.74, 6) is -2.66. The summed E-state index contributed by atoms with van der Waals surface area (Å²) in [5.41, 5.74) is 5.77. The molecular formula is C17H32N4O5. The number of nitrogens with two attached hydrogens (primary N) is 1. The smallest absolute Gasteiger partial charge is 0.326 e. The zero-order valence-electron chi connectivity index (χ0n) is 16.2. The van der Waals surface area contributed by atoms with Crippen molar-refractivity contribution in [3.63, 3.8) is 0 Å². The largest absolute Gasteiger partial charge is 0.480 e. The number of rotatable bonds is 11. The van der Waals surface area contributed by atoms with Gasteiger partial charge in [0, 0.05) is 0 Å². The van der Waals surface area contributed by atoms with Crippen LogP contribution in [0.2, 0.25) is 0 Å². The van der Waals surface area contributed by atoms with Gasteiger partial charge in [-0.15, -0.1) is 0 Å². The van der Waals surface area contributed by atoms with E-state index in [0.717, 1.165) is 6.42 Å².